The molecule has 5 nitrogen and oxygen atoms in total. The molecule has 2 aromatic carbocycles. The van der Waals surface area contributed by atoms with Gasteiger partial charge in [0.05, 0.1) is 12.2 Å². The maximum absolute atomic E-state index is 12.7. The van der Waals surface area contributed by atoms with Crippen molar-refractivity contribution >= 4 is 17.7 Å². The van der Waals surface area contributed by atoms with Crippen molar-refractivity contribution in [2.45, 2.75) is 37.6 Å². The van der Waals surface area contributed by atoms with E-state index in [4.69, 9.17) is 0 Å². The average Bonchev–Trinajstić information content (AvgIpc) is 3.09. The van der Waals surface area contributed by atoms with E-state index in [9.17, 15) is 4.79 Å². The number of benzene rings is 2. The first kappa shape index (κ1) is 21.8. The number of carbonyl (C=O) groups is 1. The SMILES string of the molecule is Cc1nn(Cc2ccccc2)c(C)c1CNC(=O)c1ccc(SCc2cccnc2)cc1. The number of carbonyl (C=O) groups excluding carboxylic acids is 1. The number of hydrogen-bond donors (Lipinski definition) is 1. The second-order valence-electron chi connectivity index (χ2n) is 7.65. The Morgan fingerprint density at radius 1 is 0.969 bits per heavy atom. The number of aryl methyl sites for hydroxylation is 1. The Morgan fingerprint density at radius 3 is 2.44 bits per heavy atom. The van der Waals surface area contributed by atoms with Crippen LogP contribution in [0.2, 0.25) is 0 Å². The van der Waals surface area contributed by atoms with Crippen LogP contribution < -0.4 is 5.32 Å². The molecule has 0 aliphatic carbocycles. The summed E-state index contributed by atoms with van der Waals surface area (Å²) in [6, 6.07) is 22.0. The van der Waals surface area contributed by atoms with Crippen molar-refractivity contribution in [3.05, 3.63) is 113 Å². The molecule has 1 amide bonds. The van der Waals surface area contributed by atoms with E-state index < -0.39 is 0 Å². The van der Waals surface area contributed by atoms with Crippen molar-refractivity contribution in [3.63, 3.8) is 0 Å². The van der Waals surface area contributed by atoms with Crippen LogP contribution in [0, 0.1) is 13.8 Å². The number of pyridine rings is 1. The van der Waals surface area contributed by atoms with E-state index in [1.807, 2.05) is 66.3 Å². The van der Waals surface area contributed by atoms with Crippen LogP contribution in [-0.4, -0.2) is 20.7 Å². The molecule has 0 bridgehead atoms. The van der Waals surface area contributed by atoms with Crippen molar-refractivity contribution in [2.24, 2.45) is 0 Å². The summed E-state index contributed by atoms with van der Waals surface area (Å²) in [5.41, 5.74) is 6.13. The summed E-state index contributed by atoms with van der Waals surface area (Å²) in [5.74, 6) is 0.772. The molecule has 0 fully saturated rings. The summed E-state index contributed by atoms with van der Waals surface area (Å²) in [6.07, 6.45) is 3.65. The van der Waals surface area contributed by atoms with Gasteiger partial charge in [0.15, 0.2) is 0 Å². The Kier molecular flexibility index (Phi) is 7.02. The molecule has 0 saturated carbocycles. The van der Waals surface area contributed by atoms with Crippen LogP contribution in [0.1, 0.15) is 38.4 Å². The third-order valence-electron chi connectivity index (χ3n) is 5.38. The molecular weight excluding hydrogens is 416 g/mol. The topological polar surface area (TPSA) is 59.8 Å². The Labute approximate surface area is 192 Å². The second-order valence-corrected chi connectivity index (χ2v) is 8.70. The van der Waals surface area contributed by atoms with Gasteiger partial charge in [-0.15, -0.1) is 11.8 Å². The number of nitrogens with one attached hydrogen (secondary N) is 1. The number of hydrogen-bond acceptors (Lipinski definition) is 4. The molecule has 0 saturated heterocycles. The van der Waals surface area contributed by atoms with E-state index in [2.05, 4.69) is 40.5 Å². The van der Waals surface area contributed by atoms with Crippen LogP contribution in [0.15, 0.2) is 84.0 Å². The van der Waals surface area contributed by atoms with Crippen LogP contribution in [0.5, 0.6) is 0 Å². The second kappa shape index (κ2) is 10.3. The van der Waals surface area contributed by atoms with E-state index in [1.165, 1.54) is 11.1 Å². The molecule has 0 aliphatic heterocycles. The van der Waals surface area contributed by atoms with Gasteiger partial charge in [-0.3, -0.25) is 14.5 Å². The molecule has 4 rings (SSSR count). The highest BCUT2D eigenvalue weighted by Crippen LogP contribution is 2.23. The molecule has 6 heteroatoms. The fraction of sp³-hybridized carbons (Fsp3) is 0.192. The molecule has 2 heterocycles. The lowest BCUT2D eigenvalue weighted by molar-refractivity contribution is 0.0951. The minimum Gasteiger partial charge on any atom is -0.348 e. The van der Waals surface area contributed by atoms with Gasteiger partial charge in [-0.05, 0) is 55.3 Å². The van der Waals surface area contributed by atoms with Crippen LogP contribution in [0.4, 0.5) is 0 Å². The monoisotopic (exact) mass is 442 g/mol. The molecule has 0 spiro atoms. The third-order valence-corrected chi connectivity index (χ3v) is 6.46. The summed E-state index contributed by atoms with van der Waals surface area (Å²) < 4.78 is 2.00. The highest BCUT2D eigenvalue weighted by Gasteiger charge is 2.13. The number of nitrogens with zero attached hydrogens (tertiary/aromatic N) is 3. The highest BCUT2D eigenvalue weighted by atomic mass is 32.2. The van der Waals surface area contributed by atoms with Crippen molar-refractivity contribution in [3.8, 4) is 0 Å². The Bertz CT molecular complexity index is 1170. The first-order chi connectivity index (χ1) is 15.6. The zero-order valence-electron chi connectivity index (χ0n) is 18.3. The standard InChI is InChI=1S/C26H26N4OS/c1-19-25(20(2)30(29-19)17-21-7-4-3-5-8-21)16-28-26(31)23-10-12-24(13-11-23)32-18-22-9-6-14-27-15-22/h3-15H,16-18H2,1-2H3,(H,28,31). The lowest BCUT2D eigenvalue weighted by Gasteiger charge is -2.08. The first-order valence-electron chi connectivity index (χ1n) is 10.6. The molecule has 0 unspecified atom stereocenters. The van der Waals surface area contributed by atoms with Gasteiger partial charge in [0, 0.05) is 46.4 Å². The first-order valence-corrected chi connectivity index (χ1v) is 11.6. The zero-order valence-corrected chi connectivity index (χ0v) is 19.1. The predicted molar refractivity (Wildman–Crippen MR) is 129 cm³/mol. The summed E-state index contributed by atoms with van der Waals surface area (Å²) in [5, 5.41) is 7.72. The zero-order chi connectivity index (χ0) is 22.3. The molecule has 32 heavy (non-hydrogen) atoms. The normalized spacial score (nSPS) is 10.8. The van der Waals surface area contributed by atoms with E-state index in [0.717, 1.165) is 34.1 Å². The molecule has 4 aromatic rings. The van der Waals surface area contributed by atoms with Gasteiger partial charge < -0.3 is 5.32 Å². The molecule has 0 atom stereocenters. The minimum absolute atomic E-state index is 0.0802. The van der Waals surface area contributed by atoms with E-state index >= 15 is 0 Å². The number of thioether (sulfide) groups is 1. The van der Waals surface area contributed by atoms with Crippen molar-refractivity contribution < 1.29 is 4.79 Å². The van der Waals surface area contributed by atoms with Crippen molar-refractivity contribution in [2.75, 3.05) is 0 Å². The Hall–Kier alpha value is -3.38. The summed E-state index contributed by atoms with van der Waals surface area (Å²) in [6.45, 7) is 5.23. The molecule has 162 valence electrons. The largest absolute Gasteiger partial charge is 0.348 e. The molecule has 0 radical (unpaired) electrons. The lowest BCUT2D eigenvalue weighted by Crippen LogP contribution is -2.23. The molecule has 1 N–H and O–H groups in total. The van der Waals surface area contributed by atoms with Gasteiger partial charge >= 0.3 is 0 Å². The van der Waals surface area contributed by atoms with Gasteiger partial charge in [0.25, 0.3) is 5.91 Å². The Balaban J connectivity index is 1.34. The number of rotatable bonds is 8. The summed E-state index contributed by atoms with van der Waals surface area (Å²) in [7, 11) is 0. The third kappa shape index (κ3) is 5.45. The van der Waals surface area contributed by atoms with Crippen LogP contribution in [0.3, 0.4) is 0 Å². The predicted octanol–water partition coefficient (Wildman–Crippen LogP) is 5.17. The maximum atomic E-state index is 12.7. The van der Waals surface area contributed by atoms with Crippen molar-refractivity contribution in [1.29, 1.82) is 0 Å². The number of aromatic nitrogens is 3. The fourth-order valence-corrected chi connectivity index (χ4v) is 4.36. The fourth-order valence-electron chi connectivity index (χ4n) is 3.52. The molecule has 2 aromatic heterocycles. The maximum Gasteiger partial charge on any atom is 0.251 e. The van der Waals surface area contributed by atoms with Gasteiger partial charge in [-0.25, -0.2) is 0 Å². The molecule has 0 aliphatic rings. The van der Waals surface area contributed by atoms with E-state index in [-0.39, 0.29) is 5.91 Å². The lowest BCUT2D eigenvalue weighted by atomic mass is 10.1. The Morgan fingerprint density at radius 2 is 1.72 bits per heavy atom. The highest BCUT2D eigenvalue weighted by molar-refractivity contribution is 7.98. The summed E-state index contributed by atoms with van der Waals surface area (Å²) >= 11 is 1.73. The minimum atomic E-state index is -0.0802. The van der Waals surface area contributed by atoms with Crippen LogP contribution in [0.25, 0.3) is 0 Å². The van der Waals surface area contributed by atoms with Gasteiger partial charge in [-0.1, -0.05) is 36.4 Å². The van der Waals surface area contributed by atoms with Crippen molar-refractivity contribution in [1.82, 2.24) is 20.1 Å². The summed E-state index contributed by atoms with van der Waals surface area (Å²) in [4.78, 5) is 17.9. The van der Waals surface area contributed by atoms with Gasteiger partial charge in [0.1, 0.15) is 0 Å². The number of amides is 1. The van der Waals surface area contributed by atoms with E-state index in [0.29, 0.717) is 12.1 Å². The molecular formula is C26H26N4OS. The van der Waals surface area contributed by atoms with Gasteiger partial charge in [0.2, 0.25) is 0 Å². The van der Waals surface area contributed by atoms with Crippen LogP contribution in [-0.2, 0) is 18.8 Å². The van der Waals surface area contributed by atoms with Gasteiger partial charge in [-0.2, -0.15) is 5.10 Å². The van der Waals surface area contributed by atoms with E-state index in [1.54, 1.807) is 18.0 Å². The smallest absolute Gasteiger partial charge is 0.251 e. The van der Waals surface area contributed by atoms with Crippen LogP contribution >= 0.6 is 11.8 Å². The quantitative estimate of drug-likeness (QED) is 0.383. The average molecular weight is 443 g/mol.